The second-order valence-corrected chi connectivity index (χ2v) is 6.37. The van der Waals surface area contributed by atoms with Crippen molar-refractivity contribution in [2.45, 2.75) is 84.8 Å². The molecule has 1 aliphatic heterocycles. The molecule has 20 heavy (non-hydrogen) atoms. The van der Waals surface area contributed by atoms with Gasteiger partial charge in [0.15, 0.2) is 0 Å². The minimum Gasteiger partial charge on any atom is -0.303 e. The van der Waals surface area contributed by atoms with E-state index in [-0.39, 0.29) is 29.9 Å². The van der Waals surface area contributed by atoms with Crippen LogP contribution in [0.25, 0.3) is 0 Å². The predicted molar refractivity (Wildman–Crippen MR) is 81.3 cm³/mol. The van der Waals surface area contributed by atoms with Crippen LogP contribution in [0.3, 0.4) is 0 Å². The lowest BCUT2D eigenvalue weighted by molar-refractivity contribution is -0.141. The second kappa shape index (κ2) is 7.77. The van der Waals surface area contributed by atoms with Crippen molar-refractivity contribution in [2.75, 3.05) is 0 Å². The van der Waals surface area contributed by atoms with Crippen LogP contribution in [0.15, 0.2) is 0 Å². The lowest BCUT2D eigenvalue weighted by Gasteiger charge is -2.25. The van der Waals surface area contributed by atoms with Crippen LogP contribution in [-0.4, -0.2) is 34.8 Å². The van der Waals surface area contributed by atoms with Crippen LogP contribution in [0.4, 0.5) is 0 Å². The molecule has 2 amide bonds. The molecular formula is C16H30N2O2. The number of carbonyl (C=O) groups excluding carboxylic acids is 2. The quantitative estimate of drug-likeness (QED) is 0.696. The number of likely N-dealkylation sites (tertiary alicyclic amines) is 1. The normalized spacial score (nSPS) is 21.4. The molecule has 1 heterocycles. The average Bonchev–Trinajstić information content (AvgIpc) is 2.65. The number of nitrogens with zero attached hydrogens (tertiary/aromatic N) is 1. The number of nitrogens with one attached hydrogen (secondary N) is 1. The molecule has 1 aliphatic rings. The SMILES string of the molecule is CCC(CC)N1C(=O)CC(NC(C)CCC(C)C)C1=O. The summed E-state index contributed by atoms with van der Waals surface area (Å²) >= 11 is 0. The van der Waals surface area contributed by atoms with Gasteiger partial charge in [-0.05, 0) is 38.5 Å². The number of rotatable bonds is 8. The number of carbonyl (C=O) groups is 2. The third-order valence-electron chi connectivity index (χ3n) is 4.15. The van der Waals surface area contributed by atoms with Crippen LogP contribution >= 0.6 is 0 Å². The zero-order valence-corrected chi connectivity index (χ0v) is 13.6. The van der Waals surface area contributed by atoms with E-state index < -0.39 is 0 Å². The van der Waals surface area contributed by atoms with Crippen LogP contribution in [0.5, 0.6) is 0 Å². The zero-order chi connectivity index (χ0) is 15.3. The lowest BCUT2D eigenvalue weighted by atomic mass is 10.0. The van der Waals surface area contributed by atoms with Crippen molar-refractivity contribution in [3.8, 4) is 0 Å². The molecule has 0 radical (unpaired) electrons. The minimum absolute atomic E-state index is 0.0164. The van der Waals surface area contributed by atoms with Crippen molar-refractivity contribution in [1.82, 2.24) is 10.2 Å². The van der Waals surface area contributed by atoms with Crippen LogP contribution in [0.2, 0.25) is 0 Å². The summed E-state index contributed by atoms with van der Waals surface area (Å²) in [6.07, 6.45) is 4.18. The first-order valence-electron chi connectivity index (χ1n) is 8.02. The van der Waals surface area contributed by atoms with E-state index in [4.69, 9.17) is 0 Å². The van der Waals surface area contributed by atoms with E-state index in [1.54, 1.807) is 0 Å². The molecule has 4 heteroatoms. The van der Waals surface area contributed by atoms with Gasteiger partial charge in [-0.1, -0.05) is 27.7 Å². The summed E-state index contributed by atoms with van der Waals surface area (Å²) in [5.74, 6) is 0.624. The fourth-order valence-electron chi connectivity index (χ4n) is 2.83. The zero-order valence-electron chi connectivity index (χ0n) is 13.6. The summed E-state index contributed by atoms with van der Waals surface area (Å²) in [4.78, 5) is 26.0. The number of imide groups is 1. The van der Waals surface area contributed by atoms with Crippen LogP contribution < -0.4 is 5.32 Å². The monoisotopic (exact) mass is 282 g/mol. The van der Waals surface area contributed by atoms with Gasteiger partial charge in [-0.2, -0.15) is 0 Å². The summed E-state index contributed by atoms with van der Waals surface area (Å²) in [6.45, 7) is 10.6. The van der Waals surface area contributed by atoms with Crippen molar-refractivity contribution in [2.24, 2.45) is 5.92 Å². The predicted octanol–water partition coefficient (Wildman–Crippen LogP) is 2.72. The van der Waals surface area contributed by atoms with Crippen LogP contribution in [-0.2, 0) is 9.59 Å². The molecule has 4 nitrogen and oxygen atoms in total. The lowest BCUT2D eigenvalue weighted by Crippen LogP contribution is -2.45. The maximum absolute atomic E-state index is 12.4. The number of hydrogen-bond donors (Lipinski definition) is 1. The van der Waals surface area contributed by atoms with Crippen LogP contribution in [0, 0.1) is 5.92 Å². The summed E-state index contributed by atoms with van der Waals surface area (Å²) in [5.41, 5.74) is 0. The Morgan fingerprint density at radius 2 is 1.75 bits per heavy atom. The van der Waals surface area contributed by atoms with Crippen molar-refractivity contribution in [3.63, 3.8) is 0 Å². The van der Waals surface area contributed by atoms with Crippen molar-refractivity contribution in [3.05, 3.63) is 0 Å². The number of hydrogen-bond acceptors (Lipinski definition) is 3. The highest BCUT2D eigenvalue weighted by Gasteiger charge is 2.41. The third kappa shape index (κ3) is 4.30. The molecule has 0 aromatic rings. The van der Waals surface area contributed by atoms with E-state index in [1.165, 1.54) is 4.90 Å². The van der Waals surface area contributed by atoms with E-state index in [9.17, 15) is 9.59 Å². The first-order chi connectivity index (χ1) is 9.40. The standard InChI is InChI=1S/C16H30N2O2/c1-6-13(7-2)18-15(19)10-14(16(18)20)17-12(5)9-8-11(3)4/h11-14,17H,6-10H2,1-5H3. The fraction of sp³-hybridized carbons (Fsp3) is 0.875. The highest BCUT2D eigenvalue weighted by Crippen LogP contribution is 2.21. The van der Waals surface area contributed by atoms with Crippen molar-refractivity contribution >= 4 is 11.8 Å². The van der Waals surface area contributed by atoms with Gasteiger partial charge in [0.05, 0.1) is 12.5 Å². The summed E-state index contributed by atoms with van der Waals surface area (Å²) in [7, 11) is 0. The molecule has 1 fully saturated rings. The Kier molecular flexibility index (Phi) is 6.66. The number of amides is 2. The Hall–Kier alpha value is -0.900. The van der Waals surface area contributed by atoms with Gasteiger partial charge < -0.3 is 5.32 Å². The van der Waals surface area contributed by atoms with Gasteiger partial charge in [0.2, 0.25) is 11.8 Å². The molecule has 0 aromatic carbocycles. The third-order valence-corrected chi connectivity index (χ3v) is 4.15. The van der Waals surface area contributed by atoms with Gasteiger partial charge in [-0.15, -0.1) is 0 Å². The molecule has 0 aliphatic carbocycles. The first-order valence-corrected chi connectivity index (χ1v) is 8.02. The summed E-state index contributed by atoms with van der Waals surface area (Å²) in [6, 6.07) is 0.0267. The molecule has 1 rings (SSSR count). The molecule has 2 unspecified atom stereocenters. The molecule has 116 valence electrons. The van der Waals surface area contributed by atoms with Crippen molar-refractivity contribution in [1.29, 1.82) is 0 Å². The molecule has 2 atom stereocenters. The Bertz CT molecular complexity index is 337. The Morgan fingerprint density at radius 3 is 2.25 bits per heavy atom. The molecule has 0 saturated carbocycles. The molecular weight excluding hydrogens is 252 g/mol. The van der Waals surface area contributed by atoms with E-state index >= 15 is 0 Å². The topological polar surface area (TPSA) is 49.4 Å². The Balaban J connectivity index is 2.57. The molecule has 0 aromatic heterocycles. The Labute approximate surface area is 123 Å². The molecule has 1 saturated heterocycles. The smallest absolute Gasteiger partial charge is 0.247 e. The van der Waals surface area contributed by atoms with Gasteiger partial charge in [0.1, 0.15) is 0 Å². The average molecular weight is 282 g/mol. The van der Waals surface area contributed by atoms with Gasteiger partial charge in [-0.3, -0.25) is 14.5 Å². The molecule has 1 N–H and O–H groups in total. The van der Waals surface area contributed by atoms with Crippen LogP contribution in [0.1, 0.15) is 66.7 Å². The molecule has 0 bridgehead atoms. The highest BCUT2D eigenvalue weighted by atomic mass is 16.2. The van der Waals surface area contributed by atoms with E-state index in [1.807, 2.05) is 13.8 Å². The van der Waals surface area contributed by atoms with E-state index in [0.717, 1.165) is 25.7 Å². The van der Waals surface area contributed by atoms with Gasteiger partial charge >= 0.3 is 0 Å². The van der Waals surface area contributed by atoms with Gasteiger partial charge in [0.25, 0.3) is 0 Å². The largest absolute Gasteiger partial charge is 0.303 e. The van der Waals surface area contributed by atoms with E-state index in [0.29, 0.717) is 12.3 Å². The highest BCUT2D eigenvalue weighted by molar-refractivity contribution is 6.05. The minimum atomic E-state index is -0.315. The fourth-order valence-corrected chi connectivity index (χ4v) is 2.83. The van der Waals surface area contributed by atoms with Crippen molar-refractivity contribution < 1.29 is 9.59 Å². The second-order valence-electron chi connectivity index (χ2n) is 6.37. The maximum atomic E-state index is 12.4. The first kappa shape index (κ1) is 17.2. The van der Waals surface area contributed by atoms with E-state index in [2.05, 4.69) is 26.1 Å². The Morgan fingerprint density at radius 1 is 1.15 bits per heavy atom. The summed E-state index contributed by atoms with van der Waals surface area (Å²) in [5, 5.41) is 3.34. The summed E-state index contributed by atoms with van der Waals surface area (Å²) < 4.78 is 0. The maximum Gasteiger partial charge on any atom is 0.247 e. The van der Waals surface area contributed by atoms with Gasteiger partial charge in [-0.25, -0.2) is 0 Å². The van der Waals surface area contributed by atoms with Gasteiger partial charge in [0, 0.05) is 12.1 Å². The molecule has 0 spiro atoms.